The molecule has 0 aliphatic carbocycles. The summed E-state index contributed by atoms with van der Waals surface area (Å²) in [7, 11) is 3.88. The number of rotatable bonds is 2. The summed E-state index contributed by atoms with van der Waals surface area (Å²) in [5.74, 6) is 0.800. The van der Waals surface area contributed by atoms with E-state index in [0.717, 1.165) is 11.4 Å². The van der Waals surface area contributed by atoms with Gasteiger partial charge >= 0.3 is 0 Å². The van der Waals surface area contributed by atoms with Gasteiger partial charge in [-0.15, -0.1) is 0 Å². The zero-order valence-corrected chi connectivity index (χ0v) is 8.57. The van der Waals surface area contributed by atoms with Crippen molar-refractivity contribution in [1.29, 1.82) is 0 Å². The van der Waals surface area contributed by atoms with Crippen LogP contribution in [0.2, 0.25) is 0 Å². The normalized spacial score (nSPS) is 10.8. The average Bonchev–Trinajstić information content (AvgIpc) is 2.07. The molecule has 1 heterocycles. The zero-order chi connectivity index (χ0) is 9.84. The molecule has 0 saturated heterocycles. The Kier molecular flexibility index (Phi) is 3.01. The lowest BCUT2D eigenvalue weighted by atomic mass is 10.2. The molecule has 1 aromatic heterocycles. The molecule has 0 aromatic carbocycles. The summed E-state index contributed by atoms with van der Waals surface area (Å²) in [5.41, 5.74) is 2.36. The summed E-state index contributed by atoms with van der Waals surface area (Å²) in [5, 5.41) is 0. The molecule has 0 atom stereocenters. The minimum absolute atomic E-state index is 0.800. The molecular weight excluding hydrogens is 162 g/mol. The Hall–Kier alpha value is -1.38. The van der Waals surface area contributed by atoms with Gasteiger partial charge in [-0.1, -0.05) is 0 Å². The van der Waals surface area contributed by atoms with Crippen molar-refractivity contribution in [2.24, 2.45) is 4.99 Å². The van der Waals surface area contributed by atoms with E-state index in [1.54, 1.807) is 12.5 Å². The quantitative estimate of drug-likeness (QED) is 0.510. The van der Waals surface area contributed by atoms with Crippen molar-refractivity contribution in [3.05, 3.63) is 23.4 Å². The van der Waals surface area contributed by atoms with Gasteiger partial charge in [0, 0.05) is 20.3 Å². The molecule has 1 aromatic rings. The minimum atomic E-state index is 0.800. The molecule has 0 amide bonds. The Morgan fingerprint density at radius 2 is 2.08 bits per heavy atom. The number of aryl methyl sites for hydroxylation is 1. The van der Waals surface area contributed by atoms with Crippen molar-refractivity contribution in [1.82, 2.24) is 9.88 Å². The molecule has 3 heteroatoms. The Labute approximate surface area is 79.1 Å². The van der Waals surface area contributed by atoms with Crippen LogP contribution in [0.4, 0.5) is 5.82 Å². The molecule has 0 spiro atoms. The highest BCUT2D eigenvalue weighted by atomic mass is 15.1. The summed E-state index contributed by atoms with van der Waals surface area (Å²) >= 11 is 0. The molecule has 0 saturated carbocycles. The van der Waals surface area contributed by atoms with Gasteiger partial charge in [0.25, 0.3) is 0 Å². The first-order valence-corrected chi connectivity index (χ1v) is 4.24. The van der Waals surface area contributed by atoms with Crippen LogP contribution >= 0.6 is 0 Å². The fraction of sp³-hybridized carbons (Fsp3) is 0.400. The van der Waals surface area contributed by atoms with Gasteiger partial charge < -0.3 is 4.90 Å². The van der Waals surface area contributed by atoms with Crippen LogP contribution in [0, 0.1) is 13.8 Å². The molecule has 0 aliphatic rings. The van der Waals surface area contributed by atoms with Gasteiger partial charge in [-0.2, -0.15) is 0 Å². The van der Waals surface area contributed by atoms with E-state index < -0.39 is 0 Å². The first-order valence-electron chi connectivity index (χ1n) is 4.24. The Balaban J connectivity index is 2.95. The highest BCUT2D eigenvalue weighted by Crippen LogP contribution is 2.16. The van der Waals surface area contributed by atoms with Crippen molar-refractivity contribution in [3.8, 4) is 0 Å². The number of hydrogen-bond donors (Lipinski definition) is 0. The number of aromatic nitrogens is 1. The molecule has 0 radical (unpaired) electrons. The second kappa shape index (κ2) is 4.03. The van der Waals surface area contributed by atoms with Crippen molar-refractivity contribution in [2.75, 3.05) is 14.1 Å². The third kappa shape index (κ3) is 2.54. The summed E-state index contributed by atoms with van der Waals surface area (Å²) in [6, 6.07) is 1.99. The Bertz CT molecular complexity index is 316. The molecule has 1 rings (SSSR count). The van der Waals surface area contributed by atoms with E-state index in [4.69, 9.17) is 0 Å². The number of nitrogens with zero attached hydrogens (tertiary/aromatic N) is 3. The average molecular weight is 177 g/mol. The second-order valence-corrected chi connectivity index (χ2v) is 3.28. The number of pyridine rings is 1. The van der Waals surface area contributed by atoms with Crippen LogP contribution in [0.5, 0.6) is 0 Å². The van der Waals surface area contributed by atoms with Crippen molar-refractivity contribution in [3.63, 3.8) is 0 Å². The van der Waals surface area contributed by atoms with Crippen LogP contribution in [0.15, 0.2) is 17.3 Å². The van der Waals surface area contributed by atoms with Gasteiger partial charge in [0.1, 0.15) is 0 Å². The predicted octanol–water partition coefficient (Wildman–Crippen LogP) is 1.92. The van der Waals surface area contributed by atoms with E-state index in [1.807, 2.05) is 32.0 Å². The monoisotopic (exact) mass is 177 g/mol. The van der Waals surface area contributed by atoms with E-state index in [2.05, 4.69) is 16.9 Å². The van der Waals surface area contributed by atoms with Gasteiger partial charge in [0.05, 0.1) is 6.34 Å². The molecule has 70 valence electrons. The lowest BCUT2D eigenvalue weighted by Gasteiger charge is -2.04. The first kappa shape index (κ1) is 9.71. The summed E-state index contributed by atoms with van der Waals surface area (Å²) in [4.78, 5) is 10.3. The highest BCUT2D eigenvalue weighted by molar-refractivity contribution is 5.60. The van der Waals surface area contributed by atoms with E-state index in [9.17, 15) is 0 Å². The molecule has 13 heavy (non-hydrogen) atoms. The third-order valence-electron chi connectivity index (χ3n) is 1.86. The van der Waals surface area contributed by atoms with Crippen molar-refractivity contribution < 1.29 is 0 Å². The standard InChI is InChI=1S/C10H15N3/c1-8-5-6-11-10(9(8)2)12-7-13(3)4/h5-7H,1-4H3. The fourth-order valence-corrected chi connectivity index (χ4v) is 0.918. The third-order valence-corrected chi connectivity index (χ3v) is 1.86. The highest BCUT2D eigenvalue weighted by Gasteiger charge is 1.98. The minimum Gasteiger partial charge on any atom is -0.369 e. The van der Waals surface area contributed by atoms with E-state index >= 15 is 0 Å². The molecule has 0 fully saturated rings. The molecule has 0 unspecified atom stereocenters. The summed E-state index contributed by atoms with van der Waals surface area (Å²) < 4.78 is 0. The molecule has 0 N–H and O–H groups in total. The summed E-state index contributed by atoms with van der Waals surface area (Å²) in [6.07, 6.45) is 3.54. The number of aliphatic imine (C=N–C) groups is 1. The second-order valence-electron chi connectivity index (χ2n) is 3.28. The lowest BCUT2D eigenvalue weighted by Crippen LogP contribution is -2.07. The largest absolute Gasteiger partial charge is 0.369 e. The topological polar surface area (TPSA) is 28.5 Å². The van der Waals surface area contributed by atoms with Crippen LogP contribution in [0.3, 0.4) is 0 Å². The van der Waals surface area contributed by atoms with Crippen LogP contribution in [0.25, 0.3) is 0 Å². The summed E-state index contributed by atoms with van der Waals surface area (Å²) in [6.45, 7) is 4.09. The zero-order valence-electron chi connectivity index (χ0n) is 8.57. The lowest BCUT2D eigenvalue weighted by molar-refractivity contribution is 0.643. The molecular formula is C10H15N3. The number of hydrogen-bond acceptors (Lipinski definition) is 2. The SMILES string of the molecule is Cc1ccnc(N=CN(C)C)c1C. The van der Waals surface area contributed by atoms with E-state index in [0.29, 0.717) is 0 Å². The smallest absolute Gasteiger partial charge is 0.156 e. The maximum Gasteiger partial charge on any atom is 0.156 e. The fourth-order valence-electron chi connectivity index (χ4n) is 0.918. The maximum atomic E-state index is 4.26. The van der Waals surface area contributed by atoms with Gasteiger partial charge in [0.15, 0.2) is 5.82 Å². The van der Waals surface area contributed by atoms with Gasteiger partial charge in [0.2, 0.25) is 0 Å². The molecule has 0 bridgehead atoms. The van der Waals surface area contributed by atoms with E-state index in [1.165, 1.54) is 5.56 Å². The Morgan fingerprint density at radius 3 is 2.69 bits per heavy atom. The van der Waals surface area contributed by atoms with E-state index in [-0.39, 0.29) is 0 Å². The Morgan fingerprint density at radius 1 is 1.38 bits per heavy atom. The maximum absolute atomic E-state index is 4.26. The van der Waals surface area contributed by atoms with Gasteiger partial charge in [-0.05, 0) is 31.0 Å². The predicted molar refractivity (Wildman–Crippen MR) is 55.6 cm³/mol. The molecule has 0 aliphatic heterocycles. The van der Waals surface area contributed by atoms with Gasteiger partial charge in [-0.25, -0.2) is 9.98 Å². The van der Waals surface area contributed by atoms with Crippen molar-refractivity contribution in [2.45, 2.75) is 13.8 Å². The van der Waals surface area contributed by atoms with Crippen LogP contribution < -0.4 is 0 Å². The van der Waals surface area contributed by atoms with Crippen molar-refractivity contribution >= 4 is 12.2 Å². The van der Waals surface area contributed by atoms with Crippen LogP contribution in [0.1, 0.15) is 11.1 Å². The molecule has 3 nitrogen and oxygen atoms in total. The van der Waals surface area contributed by atoms with Crippen LogP contribution in [-0.4, -0.2) is 30.3 Å². The van der Waals surface area contributed by atoms with Crippen LogP contribution in [-0.2, 0) is 0 Å². The first-order chi connectivity index (χ1) is 6.11. The van der Waals surface area contributed by atoms with Gasteiger partial charge in [-0.3, -0.25) is 0 Å².